The molecule has 37 heavy (non-hydrogen) atoms. The number of carbonyl (C=O) groups excluding carboxylic acids is 2. The molecule has 0 unspecified atom stereocenters. The van der Waals surface area contributed by atoms with Crippen molar-refractivity contribution in [1.29, 1.82) is 0 Å². The molecule has 7 heteroatoms. The number of carbonyl (C=O) groups is 2. The number of benzene rings is 3. The number of hydrogen-bond donors (Lipinski definition) is 3. The Hall–Kier alpha value is -3.84. The lowest BCUT2D eigenvalue weighted by Crippen LogP contribution is -2.47. The lowest BCUT2D eigenvalue weighted by Gasteiger charge is -2.28. The Morgan fingerprint density at radius 1 is 0.919 bits per heavy atom. The minimum Gasteiger partial charge on any atom is -0.391 e. The molecule has 1 heterocycles. The molecule has 4 rings (SSSR count). The van der Waals surface area contributed by atoms with Crippen LogP contribution in [0.15, 0.2) is 72.9 Å². The summed E-state index contributed by atoms with van der Waals surface area (Å²) in [7, 11) is 1.61. The van der Waals surface area contributed by atoms with Gasteiger partial charge in [0, 0.05) is 13.0 Å². The fourth-order valence-corrected chi connectivity index (χ4v) is 4.84. The van der Waals surface area contributed by atoms with Crippen molar-refractivity contribution in [2.24, 2.45) is 11.8 Å². The van der Waals surface area contributed by atoms with E-state index in [2.05, 4.69) is 34.4 Å². The highest BCUT2D eigenvalue weighted by Gasteiger charge is 2.29. The fraction of sp³-hybridized carbons (Fsp3) is 0.333. The van der Waals surface area contributed by atoms with Gasteiger partial charge in [0.25, 0.3) is 5.91 Å². The molecule has 0 aliphatic carbocycles. The van der Waals surface area contributed by atoms with E-state index in [1.54, 1.807) is 13.1 Å². The molecule has 0 bridgehead atoms. The van der Waals surface area contributed by atoms with Crippen LogP contribution in [0, 0.1) is 11.8 Å². The van der Waals surface area contributed by atoms with Gasteiger partial charge in [-0.05, 0) is 53.6 Å². The number of hydrogen-bond acceptors (Lipinski definition) is 5. The van der Waals surface area contributed by atoms with Crippen molar-refractivity contribution in [1.82, 2.24) is 20.6 Å². The van der Waals surface area contributed by atoms with Gasteiger partial charge in [-0.2, -0.15) is 0 Å². The largest absolute Gasteiger partial charge is 0.391 e. The third kappa shape index (κ3) is 6.49. The number of rotatable bonds is 10. The molecular formula is C30H34N4O3. The Balaban J connectivity index is 1.63. The molecule has 3 aromatic carbocycles. The highest BCUT2D eigenvalue weighted by molar-refractivity contribution is 5.94. The summed E-state index contributed by atoms with van der Waals surface area (Å²) in [5, 5.41) is 19.3. The SMILES string of the molecule is CNC(=O)[C@H](CC(C)C)C[C@H](O)[C@H](Cc1cccc2ccccc12)NC(=O)c1cnc2ccccc2n1. The third-order valence-electron chi connectivity index (χ3n) is 6.68. The van der Waals surface area contributed by atoms with Gasteiger partial charge in [0.15, 0.2) is 0 Å². The maximum Gasteiger partial charge on any atom is 0.271 e. The van der Waals surface area contributed by atoms with Crippen molar-refractivity contribution in [2.45, 2.75) is 45.3 Å². The van der Waals surface area contributed by atoms with E-state index in [4.69, 9.17) is 0 Å². The first-order valence-electron chi connectivity index (χ1n) is 12.7. The second-order valence-electron chi connectivity index (χ2n) is 9.91. The van der Waals surface area contributed by atoms with Gasteiger partial charge in [0.05, 0.1) is 29.4 Å². The van der Waals surface area contributed by atoms with E-state index in [-0.39, 0.29) is 29.9 Å². The van der Waals surface area contributed by atoms with Crippen LogP contribution in [0.2, 0.25) is 0 Å². The zero-order valence-corrected chi connectivity index (χ0v) is 21.5. The molecule has 0 aliphatic rings. The molecule has 7 nitrogen and oxygen atoms in total. The summed E-state index contributed by atoms with van der Waals surface area (Å²) in [6, 6.07) is 20.8. The molecule has 0 saturated carbocycles. The molecule has 4 aromatic rings. The summed E-state index contributed by atoms with van der Waals surface area (Å²) in [4.78, 5) is 34.7. The molecule has 0 radical (unpaired) electrons. The van der Waals surface area contributed by atoms with Crippen LogP contribution in [-0.2, 0) is 11.2 Å². The minimum atomic E-state index is -0.947. The van der Waals surface area contributed by atoms with E-state index in [0.717, 1.165) is 16.3 Å². The zero-order chi connectivity index (χ0) is 26.4. The number of nitrogens with one attached hydrogen (secondary N) is 2. The number of nitrogens with zero attached hydrogens (tertiary/aromatic N) is 2. The number of para-hydroxylation sites is 2. The Bertz CT molecular complexity index is 1380. The summed E-state index contributed by atoms with van der Waals surface area (Å²) >= 11 is 0. The first-order chi connectivity index (χ1) is 17.9. The Morgan fingerprint density at radius 3 is 2.38 bits per heavy atom. The average Bonchev–Trinajstić information content (AvgIpc) is 2.91. The maximum atomic E-state index is 13.3. The summed E-state index contributed by atoms with van der Waals surface area (Å²) in [6.07, 6.45) is 1.78. The van der Waals surface area contributed by atoms with Gasteiger partial charge >= 0.3 is 0 Å². The van der Waals surface area contributed by atoms with Crippen LogP contribution in [0.5, 0.6) is 0 Å². The smallest absolute Gasteiger partial charge is 0.271 e. The molecule has 0 spiro atoms. The minimum absolute atomic E-state index is 0.108. The van der Waals surface area contributed by atoms with Crippen molar-refractivity contribution in [3.63, 3.8) is 0 Å². The summed E-state index contributed by atoms with van der Waals surface area (Å²) in [6.45, 7) is 4.10. The average molecular weight is 499 g/mol. The van der Waals surface area contributed by atoms with E-state index in [1.165, 1.54) is 6.20 Å². The first-order valence-corrected chi connectivity index (χ1v) is 12.7. The van der Waals surface area contributed by atoms with Crippen LogP contribution in [0.3, 0.4) is 0 Å². The van der Waals surface area contributed by atoms with Gasteiger partial charge < -0.3 is 15.7 Å². The lowest BCUT2D eigenvalue weighted by molar-refractivity contribution is -0.126. The number of aromatic nitrogens is 2. The summed E-state index contributed by atoms with van der Waals surface area (Å²) < 4.78 is 0. The third-order valence-corrected chi connectivity index (χ3v) is 6.68. The maximum absolute atomic E-state index is 13.3. The molecule has 2 amide bonds. The van der Waals surface area contributed by atoms with Crippen molar-refractivity contribution in [2.75, 3.05) is 7.05 Å². The number of aliphatic hydroxyl groups excluding tert-OH is 1. The van der Waals surface area contributed by atoms with Gasteiger partial charge in [-0.15, -0.1) is 0 Å². The molecule has 1 aromatic heterocycles. The normalized spacial score (nSPS) is 13.9. The van der Waals surface area contributed by atoms with Crippen molar-refractivity contribution < 1.29 is 14.7 Å². The quantitative estimate of drug-likeness (QED) is 0.303. The summed E-state index contributed by atoms with van der Waals surface area (Å²) in [5.41, 5.74) is 2.51. The second kappa shape index (κ2) is 11.9. The van der Waals surface area contributed by atoms with Crippen molar-refractivity contribution in [3.8, 4) is 0 Å². The molecule has 0 saturated heterocycles. The highest BCUT2D eigenvalue weighted by atomic mass is 16.3. The number of fused-ring (bicyclic) bond motifs is 2. The van der Waals surface area contributed by atoms with Crippen LogP contribution >= 0.6 is 0 Å². The molecule has 3 N–H and O–H groups in total. The van der Waals surface area contributed by atoms with Gasteiger partial charge in [0.1, 0.15) is 5.69 Å². The molecule has 0 fully saturated rings. The number of aliphatic hydroxyl groups is 1. The molecule has 0 aliphatic heterocycles. The van der Waals surface area contributed by atoms with Gasteiger partial charge in [-0.25, -0.2) is 4.98 Å². The zero-order valence-electron chi connectivity index (χ0n) is 21.5. The Labute approximate surface area is 217 Å². The van der Waals surface area contributed by atoms with Crippen LogP contribution in [0.25, 0.3) is 21.8 Å². The van der Waals surface area contributed by atoms with Crippen LogP contribution in [-0.4, -0.2) is 46.1 Å². The lowest BCUT2D eigenvalue weighted by atomic mass is 9.87. The Morgan fingerprint density at radius 2 is 1.62 bits per heavy atom. The van der Waals surface area contributed by atoms with Gasteiger partial charge in [0.2, 0.25) is 5.91 Å². The Kier molecular flexibility index (Phi) is 8.46. The molecule has 3 atom stereocenters. The first kappa shape index (κ1) is 26.2. The fourth-order valence-electron chi connectivity index (χ4n) is 4.84. The van der Waals surface area contributed by atoms with E-state index >= 15 is 0 Å². The topological polar surface area (TPSA) is 104 Å². The standard InChI is InChI=1S/C30H34N4O3/c1-19(2)15-22(29(36)31-3)17-28(35)26(16-21-11-8-10-20-9-4-5-12-23(20)21)34-30(37)27-18-32-24-13-6-7-14-25(24)33-27/h4-14,18-19,22,26,28,35H,15-17H2,1-3H3,(H,31,36)(H,34,37)/t22-,26+,28+/m1/s1. The second-order valence-corrected chi connectivity index (χ2v) is 9.91. The van der Waals surface area contributed by atoms with Crippen molar-refractivity contribution in [3.05, 3.63) is 84.2 Å². The summed E-state index contributed by atoms with van der Waals surface area (Å²) in [5.74, 6) is -0.605. The number of amides is 2. The van der Waals surface area contributed by atoms with E-state index in [1.807, 2.05) is 60.7 Å². The van der Waals surface area contributed by atoms with Gasteiger partial charge in [-0.3, -0.25) is 14.6 Å². The van der Waals surface area contributed by atoms with E-state index in [9.17, 15) is 14.7 Å². The van der Waals surface area contributed by atoms with Crippen LogP contribution in [0.1, 0.15) is 42.7 Å². The van der Waals surface area contributed by atoms with E-state index in [0.29, 0.717) is 23.9 Å². The molecular weight excluding hydrogens is 464 g/mol. The van der Waals surface area contributed by atoms with Gasteiger partial charge in [-0.1, -0.05) is 68.4 Å². The van der Waals surface area contributed by atoms with Crippen LogP contribution in [0.4, 0.5) is 0 Å². The predicted molar refractivity (Wildman–Crippen MR) is 146 cm³/mol. The van der Waals surface area contributed by atoms with Crippen molar-refractivity contribution >= 4 is 33.6 Å². The van der Waals surface area contributed by atoms with E-state index < -0.39 is 18.1 Å². The monoisotopic (exact) mass is 498 g/mol. The molecule has 192 valence electrons. The van der Waals surface area contributed by atoms with Crippen LogP contribution < -0.4 is 10.6 Å². The highest BCUT2D eigenvalue weighted by Crippen LogP contribution is 2.24. The predicted octanol–water partition coefficient (Wildman–Crippen LogP) is 4.28.